The van der Waals surface area contributed by atoms with E-state index in [2.05, 4.69) is 18.4 Å². The van der Waals surface area contributed by atoms with E-state index in [0.717, 1.165) is 16.5 Å². The van der Waals surface area contributed by atoms with E-state index >= 15 is 0 Å². The summed E-state index contributed by atoms with van der Waals surface area (Å²) in [5, 5.41) is 9.92. The third-order valence-corrected chi connectivity index (χ3v) is 3.01. The van der Waals surface area contributed by atoms with Crippen LogP contribution < -0.4 is 5.73 Å². The minimum Gasteiger partial charge on any atom is -0.365 e. The van der Waals surface area contributed by atoms with Gasteiger partial charge in [-0.1, -0.05) is 18.2 Å². The highest BCUT2D eigenvalue weighted by Gasteiger charge is 2.11. The zero-order valence-electron chi connectivity index (χ0n) is 10.9. The van der Waals surface area contributed by atoms with Crippen molar-refractivity contribution in [1.29, 1.82) is 5.26 Å². The number of carbonyl (C=O) groups excluding carboxylic acids is 1. The van der Waals surface area contributed by atoms with Crippen LogP contribution in [0, 0.1) is 11.3 Å². The Morgan fingerprint density at radius 1 is 1.42 bits per heavy atom. The van der Waals surface area contributed by atoms with Crippen molar-refractivity contribution in [2.75, 3.05) is 0 Å². The van der Waals surface area contributed by atoms with Crippen LogP contribution in [0.5, 0.6) is 0 Å². The lowest BCUT2D eigenvalue weighted by Crippen LogP contribution is -2.12. The lowest BCUT2D eigenvalue weighted by molar-refractivity contribution is -0.114. The number of aromatic nitrogens is 1. The Balaban J connectivity index is 2.69. The Kier molecular flexibility index (Phi) is 3.39. The zero-order valence-corrected chi connectivity index (χ0v) is 10.9. The summed E-state index contributed by atoms with van der Waals surface area (Å²) in [6.45, 7) is 4.17. The zero-order chi connectivity index (χ0) is 14.0. The van der Waals surface area contributed by atoms with Crippen molar-refractivity contribution in [3.63, 3.8) is 0 Å². The van der Waals surface area contributed by atoms with Gasteiger partial charge in [0.15, 0.2) is 0 Å². The summed E-state index contributed by atoms with van der Waals surface area (Å²) < 4.78 is 2.11. The van der Waals surface area contributed by atoms with Crippen molar-refractivity contribution in [1.82, 2.24) is 4.57 Å². The molecule has 1 aromatic carbocycles. The Morgan fingerprint density at radius 2 is 2.11 bits per heavy atom. The number of carbonyl (C=O) groups is 1. The van der Waals surface area contributed by atoms with Gasteiger partial charge in [-0.2, -0.15) is 5.26 Å². The number of nitrogens with two attached hydrogens (primary N) is 1. The molecule has 0 saturated carbocycles. The maximum absolute atomic E-state index is 11.1. The Hall–Kier alpha value is -2.54. The lowest BCUT2D eigenvalue weighted by Gasteiger charge is -2.08. The highest BCUT2D eigenvalue weighted by Crippen LogP contribution is 2.26. The molecule has 19 heavy (non-hydrogen) atoms. The van der Waals surface area contributed by atoms with E-state index in [1.54, 1.807) is 6.08 Å². The van der Waals surface area contributed by atoms with Crippen LogP contribution >= 0.6 is 0 Å². The Bertz CT molecular complexity index is 702. The monoisotopic (exact) mass is 253 g/mol. The molecule has 1 aromatic heterocycles. The van der Waals surface area contributed by atoms with Gasteiger partial charge in [0.2, 0.25) is 0 Å². The summed E-state index contributed by atoms with van der Waals surface area (Å²) in [4.78, 5) is 11.1. The number of hydrogen-bond acceptors (Lipinski definition) is 2. The van der Waals surface area contributed by atoms with Gasteiger partial charge in [0.25, 0.3) is 5.91 Å². The molecule has 0 bridgehead atoms. The SMILES string of the molecule is CC(C)n1cc(C=C(C#N)C(N)=O)c2ccccc21. The number of primary amides is 1. The molecule has 4 nitrogen and oxygen atoms in total. The normalized spacial score (nSPS) is 11.8. The molecular weight excluding hydrogens is 238 g/mol. The number of rotatable bonds is 3. The number of hydrogen-bond donors (Lipinski definition) is 1. The second-order valence-corrected chi connectivity index (χ2v) is 4.64. The second kappa shape index (κ2) is 4.99. The molecule has 2 N–H and O–H groups in total. The first-order valence-electron chi connectivity index (χ1n) is 6.05. The highest BCUT2D eigenvalue weighted by molar-refractivity contribution is 6.03. The van der Waals surface area contributed by atoms with Gasteiger partial charge in [-0.3, -0.25) is 4.79 Å². The van der Waals surface area contributed by atoms with Gasteiger partial charge in [-0.25, -0.2) is 0 Å². The van der Waals surface area contributed by atoms with E-state index in [9.17, 15) is 4.79 Å². The molecule has 1 amide bonds. The summed E-state index contributed by atoms with van der Waals surface area (Å²) in [7, 11) is 0. The molecule has 96 valence electrons. The molecule has 0 aliphatic rings. The van der Waals surface area contributed by atoms with Crippen LogP contribution in [0.3, 0.4) is 0 Å². The topological polar surface area (TPSA) is 71.8 Å². The van der Waals surface area contributed by atoms with Crippen LogP contribution in [-0.4, -0.2) is 10.5 Å². The van der Waals surface area contributed by atoms with E-state index in [-0.39, 0.29) is 5.57 Å². The van der Waals surface area contributed by atoms with Gasteiger partial charge < -0.3 is 10.3 Å². The molecule has 1 heterocycles. The van der Waals surface area contributed by atoms with Crippen LogP contribution in [0.2, 0.25) is 0 Å². The van der Waals surface area contributed by atoms with Crippen LogP contribution in [0.25, 0.3) is 17.0 Å². The van der Waals surface area contributed by atoms with Crippen molar-refractivity contribution in [2.24, 2.45) is 5.73 Å². The second-order valence-electron chi connectivity index (χ2n) is 4.64. The van der Waals surface area contributed by atoms with Crippen molar-refractivity contribution in [3.8, 4) is 6.07 Å². The molecule has 0 radical (unpaired) electrons. The molecule has 0 fully saturated rings. The average molecular weight is 253 g/mol. The molecule has 0 atom stereocenters. The fourth-order valence-electron chi connectivity index (χ4n) is 2.09. The molecule has 0 spiro atoms. The molecule has 0 aliphatic carbocycles. The van der Waals surface area contributed by atoms with Crippen molar-refractivity contribution >= 4 is 22.9 Å². The molecule has 4 heteroatoms. The van der Waals surface area contributed by atoms with Crippen LogP contribution in [0.4, 0.5) is 0 Å². The smallest absolute Gasteiger partial charge is 0.259 e. The summed E-state index contributed by atoms with van der Waals surface area (Å²) in [6, 6.07) is 10.0. The first-order valence-corrected chi connectivity index (χ1v) is 6.05. The number of fused-ring (bicyclic) bond motifs is 1. The number of benzene rings is 1. The summed E-state index contributed by atoms with van der Waals surface area (Å²) in [5.74, 6) is -0.705. The number of para-hydroxylation sites is 1. The molecule has 2 rings (SSSR count). The van der Waals surface area contributed by atoms with Gasteiger partial charge in [-0.15, -0.1) is 0 Å². The van der Waals surface area contributed by atoms with Gasteiger partial charge in [0.05, 0.1) is 0 Å². The van der Waals surface area contributed by atoms with E-state index in [4.69, 9.17) is 11.0 Å². The third-order valence-electron chi connectivity index (χ3n) is 3.01. The first kappa shape index (κ1) is 12.9. The predicted octanol–water partition coefficient (Wildman–Crippen LogP) is 2.61. The molecular formula is C15H15N3O. The largest absolute Gasteiger partial charge is 0.365 e. The molecule has 2 aromatic rings. The minimum absolute atomic E-state index is 0.0355. The van der Waals surface area contributed by atoms with Gasteiger partial charge >= 0.3 is 0 Å². The summed E-state index contributed by atoms with van der Waals surface area (Å²) >= 11 is 0. The Labute approximate surface area is 111 Å². The van der Waals surface area contributed by atoms with Gasteiger partial charge in [0.1, 0.15) is 11.6 Å². The van der Waals surface area contributed by atoms with E-state index in [1.165, 1.54) is 0 Å². The quantitative estimate of drug-likeness (QED) is 0.674. The highest BCUT2D eigenvalue weighted by atomic mass is 16.1. The maximum Gasteiger partial charge on any atom is 0.259 e. The average Bonchev–Trinajstić information content (AvgIpc) is 2.74. The number of nitrogens with zero attached hydrogens (tertiary/aromatic N) is 2. The van der Waals surface area contributed by atoms with E-state index < -0.39 is 5.91 Å². The molecule has 0 aliphatic heterocycles. The summed E-state index contributed by atoms with van der Waals surface area (Å²) in [5.41, 5.74) is 7.04. The van der Waals surface area contributed by atoms with Crippen LogP contribution in [0.1, 0.15) is 25.5 Å². The minimum atomic E-state index is -0.705. The fraction of sp³-hybridized carbons (Fsp3) is 0.200. The predicted molar refractivity (Wildman–Crippen MR) is 75.1 cm³/mol. The van der Waals surface area contributed by atoms with Crippen LogP contribution in [0.15, 0.2) is 36.0 Å². The number of nitriles is 1. The van der Waals surface area contributed by atoms with Gasteiger partial charge in [0, 0.05) is 28.7 Å². The molecule has 0 unspecified atom stereocenters. The van der Waals surface area contributed by atoms with Gasteiger partial charge in [-0.05, 0) is 26.0 Å². The van der Waals surface area contributed by atoms with Crippen LogP contribution in [-0.2, 0) is 4.79 Å². The third kappa shape index (κ3) is 2.36. The number of amides is 1. The fourth-order valence-corrected chi connectivity index (χ4v) is 2.09. The maximum atomic E-state index is 11.1. The van der Waals surface area contributed by atoms with Crippen molar-refractivity contribution in [3.05, 3.63) is 41.6 Å². The van der Waals surface area contributed by atoms with E-state index in [1.807, 2.05) is 36.5 Å². The standard InChI is InChI=1S/C15H15N3O/c1-10(2)18-9-12(7-11(8-16)15(17)19)13-5-3-4-6-14(13)18/h3-7,9-10H,1-2H3,(H2,17,19). The Morgan fingerprint density at radius 3 is 2.68 bits per heavy atom. The lowest BCUT2D eigenvalue weighted by atomic mass is 10.1. The van der Waals surface area contributed by atoms with Crippen molar-refractivity contribution in [2.45, 2.75) is 19.9 Å². The molecule has 0 saturated heterocycles. The van der Waals surface area contributed by atoms with E-state index in [0.29, 0.717) is 6.04 Å². The first-order chi connectivity index (χ1) is 9.04. The van der Waals surface area contributed by atoms with Crippen molar-refractivity contribution < 1.29 is 4.79 Å². The summed E-state index contributed by atoms with van der Waals surface area (Å²) in [6.07, 6.45) is 3.49.